The van der Waals surface area contributed by atoms with Crippen molar-refractivity contribution in [3.05, 3.63) is 74.8 Å². The molecule has 1 atom stereocenters. The molecule has 0 saturated carbocycles. The second-order valence-corrected chi connectivity index (χ2v) is 10.5. The molecule has 1 fully saturated rings. The molecule has 0 spiro atoms. The summed E-state index contributed by atoms with van der Waals surface area (Å²) in [5.41, 5.74) is 1.46. The molecule has 1 unspecified atom stereocenters. The normalized spacial score (nSPS) is 19.0. The third-order valence-corrected chi connectivity index (χ3v) is 6.81. The number of nitrogens with one attached hydrogen (secondary N) is 1. The Morgan fingerprint density at radius 2 is 1.76 bits per heavy atom. The molecule has 206 valence electrons. The predicted molar refractivity (Wildman–Crippen MR) is 144 cm³/mol. The molecule has 2 aliphatic rings. The summed E-state index contributed by atoms with van der Waals surface area (Å²) >= 11 is 0. The summed E-state index contributed by atoms with van der Waals surface area (Å²) in [5.74, 6) is -2.08. The first-order chi connectivity index (χ1) is 18.0. The highest BCUT2D eigenvalue weighted by atomic mass is 16.6. The largest absolute Gasteiger partial charge is 0.466 e. The summed E-state index contributed by atoms with van der Waals surface area (Å²) in [6, 6.07) is 5.95. The Labute approximate surface area is 224 Å². The fourth-order valence-corrected chi connectivity index (χ4v) is 5.07. The van der Waals surface area contributed by atoms with Gasteiger partial charge in [0.1, 0.15) is 0 Å². The van der Waals surface area contributed by atoms with E-state index in [1.807, 2.05) is 13.0 Å². The quantitative estimate of drug-likeness (QED) is 0.292. The molecule has 0 aliphatic carbocycles. The van der Waals surface area contributed by atoms with Gasteiger partial charge < -0.3 is 19.7 Å². The number of nitro groups is 1. The highest BCUT2D eigenvalue weighted by Crippen LogP contribution is 2.40. The van der Waals surface area contributed by atoms with E-state index < -0.39 is 22.8 Å². The fourth-order valence-electron chi connectivity index (χ4n) is 5.07. The lowest BCUT2D eigenvalue weighted by molar-refractivity contribution is -0.384. The molecule has 1 saturated heterocycles. The van der Waals surface area contributed by atoms with Gasteiger partial charge in [0, 0.05) is 61.7 Å². The Morgan fingerprint density at radius 3 is 2.34 bits per heavy atom. The molecule has 0 bridgehead atoms. The van der Waals surface area contributed by atoms with Crippen LogP contribution in [0.2, 0.25) is 0 Å². The third-order valence-electron chi connectivity index (χ3n) is 6.81. The summed E-state index contributed by atoms with van der Waals surface area (Å²) in [4.78, 5) is 42.0. The number of hydrogen-bond acceptors (Lipinski definition) is 9. The van der Waals surface area contributed by atoms with Crippen molar-refractivity contribution in [3.8, 4) is 0 Å². The van der Waals surface area contributed by atoms with E-state index in [1.165, 1.54) is 25.3 Å². The monoisotopic (exact) mass is 526 g/mol. The van der Waals surface area contributed by atoms with E-state index in [2.05, 4.69) is 35.2 Å². The lowest BCUT2D eigenvalue weighted by Crippen LogP contribution is -2.48. The number of ether oxygens (including phenoxy) is 2. The Balaban J connectivity index is 1.82. The van der Waals surface area contributed by atoms with Gasteiger partial charge in [0.15, 0.2) is 0 Å². The van der Waals surface area contributed by atoms with E-state index >= 15 is 0 Å². The van der Waals surface area contributed by atoms with Gasteiger partial charge in [-0.1, -0.05) is 32.1 Å². The van der Waals surface area contributed by atoms with Crippen LogP contribution in [0.5, 0.6) is 0 Å². The van der Waals surface area contributed by atoms with Crippen LogP contribution in [0.15, 0.2) is 59.1 Å². The van der Waals surface area contributed by atoms with Crippen molar-refractivity contribution in [3.63, 3.8) is 0 Å². The SMILES string of the molecule is CC=CN1CCN(CC(C)(C)COC(=O)C2=C(C)NC(C)=C(C(=O)OC)C2c2cccc([N+](=O)[O-])c2)CC1. The first kappa shape index (κ1) is 28.9. The zero-order valence-electron chi connectivity index (χ0n) is 23.1. The first-order valence-corrected chi connectivity index (χ1v) is 12.7. The molecule has 1 aromatic rings. The number of methoxy groups -OCH3 is 1. The van der Waals surface area contributed by atoms with E-state index in [4.69, 9.17) is 9.47 Å². The van der Waals surface area contributed by atoms with Crippen molar-refractivity contribution in [1.29, 1.82) is 0 Å². The van der Waals surface area contributed by atoms with Crippen molar-refractivity contribution in [2.24, 2.45) is 5.41 Å². The predicted octanol–water partition coefficient (Wildman–Crippen LogP) is 3.72. The van der Waals surface area contributed by atoms with Gasteiger partial charge in [0.25, 0.3) is 5.69 Å². The minimum absolute atomic E-state index is 0.135. The Kier molecular flexibility index (Phi) is 9.32. The number of esters is 2. The summed E-state index contributed by atoms with van der Waals surface area (Å²) < 4.78 is 10.9. The van der Waals surface area contributed by atoms with Crippen LogP contribution < -0.4 is 5.32 Å². The van der Waals surface area contributed by atoms with Gasteiger partial charge in [0.05, 0.1) is 35.7 Å². The van der Waals surface area contributed by atoms with Crippen LogP contribution in [-0.2, 0) is 19.1 Å². The zero-order valence-corrected chi connectivity index (χ0v) is 23.1. The number of dihydropyridines is 1. The Bertz CT molecular complexity index is 1160. The van der Waals surface area contributed by atoms with Gasteiger partial charge in [-0.2, -0.15) is 0 Å². The van der Waals surface area contributed by atoms with E-state index in [1.54, 1.807) is 19.9 Å². The van der Waals surface area contributed by atoms with Gasteiger partial charge in [-0.15, -0.1) is 0 Å². The number of benzene rings is 1. The standard InChI is InChI=1S/C28H38N4O6/c1-7-11-30-12-14-31(15-13-30)17-28(4,5)18-38-27(34)24-20(3)29-19(2)23(26(33)37-6)25(24)21-9-8-10-22(16-21)32(35)36/h7-11,16,25,29H,12-15,17-18H2,1-6H3. The van der Waals surface area contributed by atoms with Crippen LogP contribution in [0.3, 0.4) is 0 Å². The summed E-state index contributed by atoms with van der Waals surface area (Å²) in [7, 11) is 1.26. The topological polar surface area (TPSA) is 114 Å². The minimum atomic E-state index is -0.876. The molecule has 38 heavy (non-hydrogen) atoms. The maximum atomic E-state index is 13.6. The van der Waals surface area contributed by atoms with Crippen molar-refractivity contribution in [1.82, 2.24) is 15.1 Å². The average molecular weight is 527 g/mol. The highest BCUT2D eigenvalue weighted by Gasteiger charge is 2.39. The van der Waals surface area contributed by atoms with Crippen molar-refractivity contribution >= 4 is 17.6 Å². The molecule has 10 nitrogen and oxygen atoms in total. The number of allylic oxidation sites excluding steroid dienone is 3. The van der Waals surface area contributed by atoms with Crippen LogP contribution >= 0.6 is 0 Å². The number of rotatable bonds is 9. The van der Waals surface area contributed by atoms with E-state index in [9.17, 15) is 19.7 Å². The fraction of sp³-hybridized carbons (Fsp3) is 0.500. The minimum Gasteiger partial charge on any atom is -0.466 e. The summed E-state index contributed by atoms with van der Waals surface area (Å²) in [6.07, 6.45) is 4.15. The molecular formula is C28H38N4O6. The van der Waals surface area contributed by atoms with Crippen LogP contribution in [-0.4, -0.2) is 73.1 Å². The van der Waals surface area contributed by atoms with Crippen molar-refractivity contribution in [2.75, 3.05) is 46.4 Å². The number of nitrogens with zero attached hydrogens (tertiary/aromatic N) is 3. The van der Waals surface area contributed by atoms with Crippen molar-refractivity contribution < 1.29 is 24.0 Å². The summed E-state index contributed by atoms with van der Waals surface area (Å²) in [6.45, 7) is 14.3. The van der Waals surface area contributed by atoms with E-state index in [0.29, 0.717) is 17.0 Å². The van der Waals surface area contributed by atoms with Gasteiger partial charge in [-0.3, -0.25) is 15.0 Å². The summed E-state index contributed by atoms with van der Waals surface area (Å²) in [5, 5.41) is 14.5. The maximum Gasteiger partial charge on any atom is 0.336 e. The highest BCUT2D eigenvalue weighted by molar-refractivity contribution is 5.99. The number of piperazine rings is 1. The Hall–Kier alpha value is -3.66. The molecule has 1 N–H and O–H groups in total. The van der Waals surface area contributed by atoms with Gasteiger partial charge >= 0.3 is 11.9 Å². The average Bonchev–Trinajstić information content (AvgIpc) is 2.87. The molecule has 1 aromatic carbocycles. The van der Waals surface area contributed by atoms with E-state index in [-0.39, 0.29) is 28.9 Å². The van der Waals surface area contributed by atoms with Gasteiger partial charge in [0.2, 0.25) is 0 Å². The lowest BCUT2D eigenvalue weighted by Gasteiger charge is -2.38. The number of nitro benzene ring substituents is 1. The number of carbonyl (C=O) groups is 2. The molecule has 0 aromatic heterocycles. The molecular weight excluding hydrogens is 488 g/mol. The number of carbonyl (C=O) groups excluding carboxylic acids is 2. The third kappa shape index (κ3) is 6.80. The molecule has 10 heteroatoms. The molecule has 3 rings (SSSR count). The van der Waals surface area contributed by atoms with Crippen LogP contribution in [0, 0.1) is 15.5 Å². The second kappa shape index (κ2) is 12.3. The molecule has 0 amide bonds. The number of hydrogen-bond donors (Lipinski definition) is 1. The maximum absolute atomic E-state index is 13.6. The first-order valence-electron chi connectivity index (χ1n) is 12.7. The van der Waals surface area contributed by atoms with Crippen LogP contribution in [0.25, 0.3) is 0 Å². The lowest BCUT2D eigenvalue weighted by atomic mass is 9.80. The van der Waals surface area contributed by atoms with Crippen LogP contribution in [0.4, 0.5) is 5.69 Å². The number of non-ortho nitro benzene ring substituents is 1. The molecule has 2 aliphatic heterocycles. The van der Waals surface area contributed by atoms with Gasteiger partial charge in [-0.25, -0.2) is 9.59 Å². The van der Waals surface area contributed by atoms with E-state index in [0.717, 1.165) is 32.7 Å². The molecule has 0 radical (unpaired) electrons. The molecule has 2 heterocycles. The van der Waals surface area contributed by atoms with Gasteiger partial charge in [-0.05, 0) is 32.5 Å². The Morgan fingerprint density at radius 1 is 1.13 bits per heavy atom. The van der Waals surface area contributed by atoms with Crippen molar-refractivity contribution in [2.45, 2.75) is 40.5 Å². The van der Waals surface area contributed by atoms with Crippen LogP contribution in [0.1, 0.15) is 46.1 Å². The zero-order chi connectivity index (χ0) is 28.0. The second-order valence-electron chi connectivity index (χ2n) is 10.5. The smallest absolute Gasteiger partial charge is 0.336 e.